The van der Waals surface area contributed by atoms with Gasteiger partial charge < -0.3 is 10.1 Å². The van der Waals surface area contributed by atoms with Gasteiger partial charge in [0.2, 0.25) is 11.6 Å². The summed E-state index contributed by atoms with van der Waals surface area (Å²) in [6, 6.07) is 18.1. The SMILES string of the molecule is Cc1ccc(NC(=O)Cn2nc3c(Oc4ccc(F)cc4)nc4ccccc4n3c2=O)c(C)c1. The molecule has 2 heterocycles. The number of hydrogen-bond acceptors (Lipinski definition) is 5. The molecule has 1 N–H and O–H groups in total. The summed E-state index contributed by atoms with van der Waals surface area (Å²) in [5.74, 6) is -0.397. The largest absolute Gasteiger partial charge is 0.436 e. The Kier molecular flexibility index (Phi) is 5.29. The minimum Gasteiger partial charge on any atom is -0.436 e. The van der Waals surface area contributed by atoms with E-state index in [9.17, 15) is 14.0 Å². The molecule has 0 radical (unpaired) electrons. The maximum absolute atomic E-state index is 13.3. The monoisotopic (exact) mass is 457 g/mol. The second-order valence-corrected chi connectivity index (χ2v) is 7.93. The summed E-state index contributed by atoms with van der Waals surface area (Å²) in [7, 11) is 0. The molecule has 1 amide bonds. The van der Waals surface area contributed by atoms with Crippen LogP contribution in [0.1, 0.15) is 11.1 Å². The van der Waals surface area contributed by atoms with Crippen LogP contribution in [-0.4, -0.2) is 25.1 Å². The van der Waals surface area contributed by atoms with E-state index in [0.29, 0.717) is 22.5 Å². The van der Waals surface area contributed by atoms with Gasteiger partial charge in [-0.15, -0.1) is 5.10 Å². The number of fused-ring (bicyclic) bond motifs is 3. The van der Waals surface area contributed by atoms with Crippen molar-refractivity contribution in [2.75, 3.05) is 5.32 Å². The van der Waals surface area contributed by atoms with Crippen molar-refractivity contribution in [3.63, 3.8) is 0 Å². The number of benzene rings is 3. The molecule has 2 aromatic heterocycles. The minimum absolute atomic E-state index is 0.0657. The van der Waals surface area contributed by atoms with Gasteiger partial charge in [-0.1, -0.05) is 29.8 Å². The maximum Gasteiger partial charge on any atom is 0.351 e. The van der Waals surface area contributed by atoms with E-state index in [4.69, 9.17) is 4.74 Å². The number of aromatic nitrogens is 4. The fourth-order valence-corrected chi connectivity index (χ4v) is 3.74. The van der Waals surface area contributed by atoms with Crippen LogP contribution in [0.2, 0.25) is 0 Å². The smallest absolute Gasteiger partial charge is 0.351 e. The van der Waals surface area contributed by atoms with Crippen molar-refractivity contribution in [2.24, 2.45) is 0 Å². The van der Waals surface area contributed by atoms with Crippen LogP contribution < -0.4 is 15.7 Å². The third kappa shape index (κ3) is 3.99. The number of amides is 1. The number of halogens is 1. The highest BCUT2D eigenvalue weighted by Crippen LogP contribution is 2.26. The third-order valence-corrected chi connectivity index (χ3v) is 5.35. The van der Waals surface area contributed by atoms with Gasteiger partial charge in [0, 0.05) is 5.69 Å². The molecule has 0 spiro atoms. The zero-order valence-corrected chi connectivity index (χ0v) is 18.4. The summed E-state index contributed by atoms with van der Waals surface area (Å²) in [5.41, 5.74) is 3.34. The summed E-state index contributed by atoms with van der Waals surface area (Å²) < 4.78 is 21.6. The van der Waals surface area contributed by atoms with Crippen molar-refractivity contribution >= 4 is 28.3 Å². The second-order valence-electron chi connectivity index (χ2n) is 7.93. The number of para-hydroxylation sites is 2. The fraction of sp³-hybridized carbons (Fsp3) is 0.120. The lowest BCUT2D eigenvalue weighted by Crippen LogP contribution is -2.28. The Labute approximate surface area is 193 Å². The highest BCUT2D eigenvalue weighted by atomic mass is 19.1. The first-order chi connectivity index (χ1) is 16.4. The van der Waals surface area contributed by atoms with E-state index in [1.165, 1.54) is 28.7 Å². The van der Waals surface area contributed by atoms with E-state index in [1.54, 1.807) is 24.3 Å². The highest BCUT2D eigenvalue weighted by molar-refractivity contribution is 5.91. The van der Waals surface area contributed by atoms with E-state index in [1.807, 2.05) is 32.0 Å². The molecule has 0 bridgehead atoms. The molecular weight excluding hydrogens is 437 g/mol. The maximum atomic E-state index is 13.3. The Morgan fingerprint density at radius 2 is 1.82 bits per heavy atom. The van der Waals surface area contributed by atoms with Gasteiger partial charge in [-0.3, -0.25) is 4.79 Å². The molecule has 3 aromatic carbocycles. The molecule has 0 aliphatic heterocycles. The van der Waals surface area contributed by atoms with Gasteiger partial charge >= 0.3 is 5.69 Å². The van der Waals surface area contributed by atoms with Crippen LogP contribution in [0.25, 0.3) is 16.7 Å². The second kappa shape index (κ2) is 8.43. The summed E-state index contributed by atoms with van der Waals surface area (Å²) >= 11 is 0. The first-order valence-electron chi connectivity index (χ1n) is 10.6. The van der Waals surface area contributed by atoms with Crippen LogP contribution in [0.15, 0.2) is 71.5 Å². The molecule has 8 nitrogen and oxygen atoms in total. The van der Waals surface area contributed by atoms with Crippen molar-refractivity contribution in [1.29, 1.82) is 0 Å². The summed E-state index contributed by atoms with van der Waals surface area (Å²) in [6.07, 6.45) is 0. The van der Waals surface area contributed by atoms with Crippen molar-refractivity contribution in [2.45, 2.75) is 20.4 Å². The van der Waals surface area contributed by atoms with Crippen molar-refractivity contribution in [3.05, 3.63) is 94.2 Å². The number of carbonyl (C=O) groups excluding carboxylic acids is 1. The van der Waals surface area contributed by atoms with Gasteiger partial charge in [-0.25, -0.2) is 23.3 Å². The topological polar surface area (TPSA) is 90.5 Å². The normalized spacial score (nSPS) is 11.1. The van der Waals surface area contributed by atoms with Crippen LogP contribution in [-0.2, 0) is 11.3 Å². The molecule has 0 atom stereocenters. The third-order valence-electron chi connectivity index (χ3n) is 5.35. The Bertz CT molecular complexity index is 1610. The van der Waals surface area contributed by atoms with Gasteiger partial charge in [-0.05, 0) is 61.9 Å². The van der Waals surface area contributed by atoms with E-state index in [2.05, 4.69) is 15.4 Å². The molecule has 5 rings (SSSR count). The molecule has 0 saturated carbocycles. The summed E-state index contributed by atoms with van der Waals surface area (Å²) in [6.45, 7) is 3.58. The lowest BCUT2D eigenvalue weighted by molar-refractivity contribution is -0.117. The average Bonchev–Trinajstić information content (AvgIpc) is 3.14. The van der Waals surface area contributed by atoms with E-state index in [0.717, 1.165) is 15.8 Å². The Hall–Kier alpha value is -4.53. The highest BCUT2D eigenvalue weighted by Gasteiger charge is 2.19. The van der Waals surface area contributed by atoms with E-state index in [-0.39, 0.29) is 18.1 Å². The van der Waals surface area contributed by atoms with E-state index < -0.39 is 17.4 Å². The molecular formula is C25H20FN5O3. The zero-order valence-electron chi connectivity index (χ0n) is 18.4. The first kappa shape index (κ1) is 21.3. The predicted octanol–water partition coefficient (Wildman–Crippen LogP) is 4.23. The Balaban J connectivity index is 1.55. The first-order valence-corrected chi connectivity index (χ1v) is 10.6. The van der Waals surface area contributed by atoms with Gasteiger partial charge in [0.25, 0.3) is 5.88 Å². The summed E-state index contributed by atoms with van der Waals surface area (Å²) in [5, 5.41) is 7.16. The molecule has 5 aromatic rings. The molecule has 34 heavy (non-hydrogen) atoms. The molecule has 9 heteroatoms. The van der Waals surface area contributed by atoms with Crippen LogP contribution >= 0.6 is 0 Å². The van der Waals surface area contributed by atoms with Crippen LogP contribution in [0.3, 0.4) is 0 Å². The molecule has 170 valence electrons. The van der Waals surface area contributed by atoms with Crippen LogP contribution in [0.5, 0.6) is 11.6 Å². The lowest BCUT2D eigenvalue weighted by atomic mass is 10.1. The summed E-state index contributed by atoms with van der Waals surface area (Å²) in [4.78, 5) is 30.4. The number of carbonyl (C=O) groups is 1. The van der Waals surface area contributed by atoms with Crippen molar-refractivity contribution in [3.8, 4) is 11.6 Å². The Morgan fingerprint density at radius 3 is 2.59 bits per heavy atom. The predicted molar refractivity (Wildman–Crippen MR) is 126 cm³/mol. The zero-order chi connectivity index (χ0) is 23.8. The van der Waals surface area contributed by atoms with E-state index >= 15 is 0 Å². The van der Waals surface area contributed by atoms with Gasteiger partial charge in [0.05, 0.1) is 11.0 Å². The van der Waals surface area contributed by atoms with Crippen LogP contribution in [0.4, 0.5) is 10.1 Å². The average molecular weight is 457 g/mol. The molecule has 0 fully saturated rings. The number of hydrogen-bond donors (Lipinski definition) is 1. The number of aryl methyl sites for hydroxylation is 2. The van der Waals surface area contributed by atoms with Gasteiger partial charge in [0.1, 0.15) is 18.1 Å². The number of ether oxygens (including phenoxy) is 1. The molecule has 0 aliphatic rings. The number of rotatable bonds is 5. The number of anilines is 1. The number of nitrogens with zero attached hydrogens (tertiary/aromatic N) is 4. The Morgan fingerprint density at radius 1 is 1.06 bits per heavy atom. The molecule has 0 saturated heterocycles. The number of nitrogens with one attached hydrogen (secondary N) is 1. The van der Waals surface area contributed by atoms with Crippen molar-refractivity contribution < 1.29 is 13.9 Å². The minimum atomic E-state index is -0.506. The lowest BCUT2D eigenvalue weighted by Gasteiger charge is -2.08. The molecule has 0 unspecified atom stereocenters. The van der Waals surface area contributed by atoms with Gasteiger partial charge in [0.15, 0.2) is 0 Å². The quantitative estimate of drug-likeness (QED) is 0.427. The van der Waals surface area contributed by atoms with Crippen LogP contribution in [0, 0.1) is 19.7 Å². The van der Waals surface area contributed by atoms with Gasteiger partial charge in [-0.2, -0.15) is 0 Å². The fourth-order valence-electron chi connectivity index (χ4n) is 3.74. The molecule has 0 aliphatic carbocycles. The van der Waals surface area contributed by atoms with Crippen molar-refractivity contribution in [1.82, 2.24) is 19.2 Å². The standard InChI is InChI=1S/C25H20FN5O3/c1-15-7-12-19(16(2)13-15)27-22(32)14-30-25(33)31-21-6-4-3-5-20(21)28-24(23(31)29-30)34-18-10-8-17(26)9-11-18/h3-13H,14H2,1-2H3,(H,27,32).